The molecule has 0 spiro atoms. The average molecular weight is 550 g/mol. The first kappa shape index (κ1) is 29.0. The molecule has 3 aromatic rings. The minimum atomic E-state index is -2.93. The van der Waals surface area contributed by atoms with E-state index in [9.17, 15) is 15.0 Å². The van der Waals surface area contributed by atoms with Crippen LogP contribution >= 0.6 is 0 Å². The van der Waals surface area contributed by atoms with Gasteiger partial charge in [0.15, 0.2) is 0 Å². The molecule has 1 amide bonds. The molecule has 4 rings (SSSR count). The van der Waals surface area contributed by atoms with Crippen LogP contribution in [0, 0.1) is 0 Å². The van der Waals surface area contributed by atoms with Crippen molar-refractivity contribution >= 4 is 24.8 Å². The van der Waals surface area contributed by atoms with Crippen LogP contribution in [0.15, 0.2) is 91.0 Å². The highest BCUT2D eigenvalue weighted by atomic mass is 28.4. The Labute approximate surface area is 231 Å². The smallest absolute Gasteiger partial charge is 0.407 e. The van der Waals surface area contributed by atoms with Crippen molar-refractivity contribution in [3.8, 4) is 0 Å². The van der Waals surface area contributed by atoms with Crippen LogP contribution in [-0.2, 0) is 20.5 Å². The predicted molar refractivity (Wildman–Crippen MR) is 153 cm³/mol. The molecule has 0 radical (unpaired) electrons. The van der Waals surface area contributed by atoms with E-state index in [-0.39, 0.29) is 18.3 Å². The maximum Gasteiger partial charge on any atom is 0.407 e. The number of alkyl carbamates (subject to hydrolysis) is 1. The monoisotopic (exact) mass is 549 g/mol. The molecule has 1 saturated heterocycles. The summed E-state index contributed by atoms with van der Waals surface area (Å²) < 4.78 is 18.4. The number of carbonyl (C=O) groups is 1. The number of hydrogen-bond acceptors (Lipinski definition) is 6. The summed E-state index contributed by atoms with van der Waals surface area (Å²) in [6, 6.07) is 29.0. The van der Waals surface area contributed by atoms with E-state index in [1.165, 1.54) is 0 Å². The van der Waals surface area contributed by atoms with Gasteiger partial charge < -0.3 is 29.4 Å². The van der Waals surface area contributed by atoms with Gasteiger partial charge in [-0.2, -0.15) is 0 Å². The van der Waals surface area contributed by atoms with Crippen LogP contribution < -0.4 is 15.7 Å². The Morgan fingerprint density at radius 2 is 1.41 bits per heavy atom. The quantitative estimate of drug-likeness (QED) is 0.354. The summed E-state index contributed by atoms with van der Waals surface area (Å²) in [5.74, 6) is 0. The Bertz CT molecular complexity index is 1150. The van der Waals surface area contributed by atoms with Gasteiger partial charge in [0.05, 0.1) is 18.8 Å². The van der Waals surface area contributed by atoms with E-state index in [1.54, 1.807) is 6.92 Å². The van der Waals surface area contributed by atoms with Crippen molar-refractivity contribution in [2.45, 2.75) is 69.8 Å². The molecule has 0 aliphatic carbocycles. The van der Waals surface area contributed by atoms with Crippen LogP contribution in [-0.4, -0.2) is 61.7 Å². The Balaban J connectivity index is 1.64. The fraction of sp³-hybridized carbons (Fsp3) is 0.387. The lowest BCUT2D eigenvalue weighted by Gasteiger charge is -2.44. The van der Waals surface area contributed by atoms with Crippen LogP contribution in [0.1, 0.15) is 33.3 Å². The highest BCUT2D eigenvalue weighted by molar-refractivity contribution is 6.99. The molecule has 208 valence electrons. The lowest BCUT2D eigenvalue weighted by molar-refractivity contribution is -0.0182. The van der Waals surface area contributed by atoms with E-state index in [4.69, 9.17) is 13.9 Å². The van der Waals surface area contributed by atoms with Gasteiger partial charge in [-0.25, -0.2) is 4.79 Å². The standard InChI is InChI=1S/C31H39NO6Si/c1-22-27(33)28(34)29(38-22)26(32-30(35)36-20-23-14-8-5-9-15-23)21-37-39(31(2,3)4,24-16-10-6-11-17-24)25-18-12-7-13-19-25/h5-19,22,26-29,33-34H,20-21H2,1-4H3,(H,32,35)/t22-,26+,27+,28-,29-/m0/s1. The Morgan fingerprint density at radius 3 is 1.87 bits per heavy atom. The fourth-order valence-electron chi connectivity index (χ4n) is 5.32. The van der Waals surface area contributed by atoms with E-state index in [0.717, 1.165) is 15.9 Å². The molecule has 0 aromatic heterocycles. The van der Waals surface area contributed by atoms with Crippen LogP contribution in [0.5, 0.6) is 0 Å². The second-order valence-electron chi connectivity index (χ2n) is 11.1. The van der Waals surface area contributed by atoms with Gasteiger partial charge >= 0.3 is 6.09 Å². The van der Waals surface area contributed by atoms with Gasteiger partial charge in [0.2, 0.25) is 0 Å². The van der Waals surface area contributed by atoms with Gasteiger partial charge in [0, 0.05) is 0 Å². The Morgan fingerprint density at radius 1 is 0.897 bits per heavy atom. The predicted octanol–water partition coefficient (Wildman–Crippen LogP) is 3.37. The number of benzene rings is 3. The van der Waals surface area contributed by atoms with E-state index in [1.807, 2.05) is 66.7 Å². The van der Waals surface area contributed by atoms with Gasteiger partial charge in [0.1, 0.15) is 24.9 Å². The lowest BCUT2D eigenvalue weighted by atomic mass is 10.0. The van der Waals surface area contributed by atoms with Crippen molar-refractivity contribution in [2.24, 2.45) is 0 Å². The number of rotatable bonds is 9. The molecular weight excluding hydrogens is 510 g/mol. The average Bonchev–Trinajstić information content (AvgIpc) is 3.19. The molecular formula is C31H39NO6Si. The van der Waals surface area contributed by atoms with Crippen molar-refractivity contribution < 1.29 is 28.9 Å². The number of amides is 1. The minimum Gasteiger partial charge on any atom is -0.445 e. The van der Waals surface area contributed by atoms with Crippen LogP contribution in [0.2, 0.25) is 5.04 Å². The highest BCUT2D eigenvalue weighted by Gasteiger charge is 2.52. The zero-order valence-corrected chi connectivity index (χ0v) is 24.0. The van der Waals surface area contributed by atoms with Crippen LogP contribution in [0.25, 0.3) is 0 Å². The van der Waals surface area contributed by atoms with Crippen LogP contribution in [0.4, 0.5) is 4.79 Å². The molecule has 3 N–H and O–H groups in total. The van der Waals surface area contributed by atoms with Crippen molar-refractivity contribution in [1.29, 1.82) is 0 Å². The molecule has 0 saturated carbocycles. The third-order valence-electron chi connectivity index (χ3n) is 7.35. The SMILES string of the molecule is C[C@@H]1O[C@@H]([C@@H](CO[Si](c2ccccc2)(c2ccccc2)C(C)(C)C)NC(=O)OCc2ccccc2)[C@@H](O)[C@@H]1O. The zero-order valence-electron chi connectivity index (χ0n) is 23.0. The van der Waals surface area contributed by atoms with E-state index >= 15 is 0 Å². The second-order valence-corrected chi connectivity index (χ2v) is 15.4. The zero-order chi connectivity index (χ0) is 28.0. The van der Waals surface area contributed by atoms with Crippen molar-refractivity contribution in [3.05, 3.63) is 96.6 Å². The number of aliphatic hydroxyl groups excluding tert-OH is 2. The molecule has 1 aliphatic rings. The molecule has 3 aromatic carbocycles. The van der Waals surface area contributed by atoms with Crippen molar-refractivity contribution in [3.63, 3.8) is 0 Å². The topological polar surface area (TPSA) is 97.3 Å². The first-order valence-corrected chi connectivity index (χ1v) is 15.3. The van der Waals surface area contributed by atoms with Gasteiger partial charge in [-0.05, 0) is 27.9 Å². The van der Waals surface area contributed by atoms with E-state index in [0.29, 0.717) is 0 Å². The Hall–Kier alpha value is -3.01. The third kappa shape index (κ3) is 6.42. The molecule has 39 heavy (non-hydrogen) atoms. The number of aliphatic hydroxyl groups is 2. The van der Waals surface area contributed by atoms with Gasteiger partial charge in [-0.1, -0.05) is 112 Å². The first-order valence-electron chi connectivity index (χ1n) is 13.4. The molecule has 1 heterocycles. The summed E-state index contributed by atoms with van der Waals surface area (Å²) in [4.78, 5) is 12.9. The van der Waals surface area contributed by atoms with Crippen molar-refractivity contribution in [2.75, 3.05) is 6.61 Å². The molecule has 5 atom stereocenters. The molecule has 0 bridgehead atoms. The molecule has 1 aliphatic heterocycles. The van der Waals surface area contributed by atoms with E-state index < -0.39 is 44.9 Å². The normalized spacial score (nSPS) is 22.3. The fourth-order valence-corrected chi connectivity index (χ4v) is 9.91. The minimum absolute atomic E-state index is 0.0505. The maximum absolute atomic E-state index is 12.9. The summed E-state index contributed by atoms with van der Waals surface area (Å²) in [5.41, 5.74) is 0.856. The van der Waals surface area contributed by atoms with E-state index in [2.05, 4.69) is 50.4 Å². The summed E-state index contributed by atoms with van der Waals surface area (Å²) in [6.45, 7) is 8.35. The largest absolute Gasteiger partial charge is 0.445 e. The molecule has 0 unspecified atom stereocenters. The highest BCUT2D eigenvalue weighted by Crippen LogP contribution is 2.37. The number of nitrogens with one attached hydrogen (secondary N) is 1. The maximum atomic E-state index is 12.9. The molecule has 1 fully saturated rings. The van der Waals surface area contributed by atoms with Gasteiger partial charge in [-0.15, -0.1) is 0 Å². The summed E-state index contributed by atoms with van der Waals surface area (Å²) >= 11 is 0. The molecule has 8 heteroatoms. The second kappa shape index (κ2) is 12.4. The lowest BCUT2D eigenvalue weighted by Crippen LogP contribution is -2.68. The van der Waals surface area contributed by atoms with Gasteiger partial charge in [0.25, 0.3) is 8.32 Å². The number of ether oxygens (including phenoxy) is 2. The van der Waals surface area contributed by atoms with Crippen molar-refractivity contribution in [1.82, 2.24) is 5.32 Å². The summed E-state index contributed by atoms with van der Waals surface area (Å²) in [5, 5.41) is 26.0. The number of carbonyl (C=O) groups excluding carboxylic acids is 1. The first-order chi connectivity index (χ1) is 18.6. The summed E-state index contributed by atoms with van der Waals surface area (Å²) in [7, 11) is -2.93. The third-order valence-corrected chi connectivity index (χ3v) is 12.4. The number of hydrogen-bond donors (Lipinski definition) is 3. The van der Waals surface area contributed by atoms with Gasteiger partial charge in [-0.3, -0.25) is 0 Å². The van der Waals surface area contributed by atoms with Crippen LogP contribution in [0.3, 0.4) is 0 Å². The Kier molecular flexibility index (Phi) is 9.25. The molecule has 7 nitrogen and oxygen atoms in total. The summed E-state index contributed by atoms with van der Waals surface area (Å²) in [6.07, 6.45) is -4.39.